The minimum Gasteiger partial charge on any atom is -0.305 e. The molecule has 0 unspecified atom stereocenters. The lowest BCUT2D eigenvalue weighted by molar-refractivity contribution is -0.117. The zero-order valence-electron chi connectivity index (χ0n) is 14.5. The van der Waals surface area contributed by atoms with Crippen LogP contribution in [-0.2, 0) is 9.59 Å². The topological polar surface area (TPSA) is 34.1 Å². The van der Waals surface area contributed by atoms with Gasteiger partial charge in [-0.25, -0.2) is 0 Å². The highest BCUT2D eigenvalue weighted by atomic mass is 28.3. The first-order valence-corrected chi connectivity index (χ1v) is 13.7. The van der Waals surface area contributed by atoms with E-state index in [0.29, 0.717) is 23.7 Å². The fourth-order valence-corrected chi connectivity index (χ4v) is 10.1. The van der Waals surface area contributed by atoms with Gasteiger partial charge in [-0.1, -0.05) is 77.8 Å². The first kappa shape index (κ1) is 19.8. The average Bonchev–Trinajstić information content (AvgIpc) is 2.49. The Bertz CT molecular complexity index is 270. The van der Waals surface area contributed by atoms with Crippen LogP contribution in [0.25, 0.3) is 0 Å². The van der Waals surface area contributed by atoms with E-state index in [0.717, 1.165) is 36.3 Å². The molecule has 0 aromatic rings. The van der Waals surface area contributed by atoms with Crippen LogP contribution in [0.3, 0.4) is 0 Å². The summed E-state index contributed by atoms with van der Waals surface area (Å²) in [4.78, 5) is 25.2. The zero-order valence-corrected chi connectivity index (χ0v) is 16.5. The van der Waals surface area contributed by atoms with Gasteiger partial charge in [0.05, 0.1) is 0 Å². The summed E-state index contributed by atoms with van der Waals surface area (Å²) < 4.78 is 0. The SMILES string of the molecule is CC[Si](CC)(CC)C(=O)CCC(=O)[Si](CC)(CC)CC. The molecule has 0 saturated heterocycles. The molecule has 0 spiro atoms. The Labute approximate surface area is 127 Å². The first-order chi connectivity index (χ1) is 9.41. The van der Waals surface area contributed by atoms with Gasteiger partial charge in [-0.3, -0.25) is 0 Å². The van der Waals surface area contributed by atoms with Gasteiger partial charge in [0.25, 0.3) is 0 Å². The lowest BCUT2D eigenvalue weighted by atomic mass is 10.3. The fraction of sp³-hybridized carbons (Fsp3) is 0.875. The zero-order chi connectivity index (χ0) is 15.8. The molecule has 0 aromatic carbocycles. The van der Waals surface area contributed by atoms with Gasteiger partial charge >= 0.3 is 0 Å². The van der Waals surface area contributed by atoms with Gasteiger partial charge in [0, 0.05) is 12.8 Å². The molecule has 2 nitrogen and oxygen atoms in total. The quantitative estimate of drug-likeness (QED) is 0.503. The Morgan fingerprint density at radius 1 is 0.550 bits per heavy atom. The van der Waals surface area contributed by atoms with Crippen LogP contribution in [0.5, 0.6) is 0 Å². The van der Waals surface area contributed by atoms with E-state index in [9.17, 15) is 9.59 Å². The lowest BCUT2D eigenvalue weighted by Crippen LogP contribution is -2.45. The van der Waals surface area contributed by atoms with E-state index in [1.54, 1.807) is 0 Å². The molecular formula is C16H34O2Si2. The molecule has 0 rings (SSSR count). The summed E-state index contributed by atoms with van der Waals surface area (Å²) in [7, 11) is -3.51. The van der Waals surface area contributed by atoms with Gasteiger partial charge in [0.15, 0.2) is 0 Å². The predicted molar refractivity (Wildman–Crippen MR) is 93.6 cm³/mol. The molecule has 118 valence electrons. The molecule has 0 amide bonds. The van der Waals surface area contributed by atoms with Crippen molar-refractivity contribution < 1.29 is 9.59 Å². The van der Waals surface area contributed by atoms with E-state index in [2.05, 4.69) is 41.5 Å². The molecular weight excluding hydrogens is 280 g/mol. The molecule has 0 aliphatic heterocycles. The van der Waals surface area contributed by atoms with Crippen LogP contribution in [-0.4, -0.2) is 27.0 Å². The Kier molecular flexibility index (Phi) is 8.83. The molecule has 0 radical (unpaired) electrons. The smallest absolute Gasteiger partial charge is 0.132 e. The molecule has 0 saturated carbocycles. The highest BCUT2D eigenvalue weighted by Crippen LogP contribution is 2.26. The Hall–Kier alpha value is -0.226. The molecule has 0 aromatic heterocycles. The number of carbonyl (C=O) groups excluding carboxylic acids is 2. The van der Waals surface area contributed by atoms with E-state index < -0.39 is 16.1 Å². The Morgan fingerprint density at radius 3 is 0.900 bits per heavy atom. The van der Waals surface area contributed by atoms with Gasteiger partial charge in [-0.15, -0.1) is 0 Å². The van der Waals surface area contributed by atoms with Crippen LogP contribution < -0.4 is 0 Å². The monoisotopic (exact) mass is 314 g/mol. The third-order valence-corrected chi connectivity index (χ3v) is 16.8. The summed E-state index contributed by atoms with van der Waals surface area (Å²) in [6, 6.07) is 6.20. The van der Waals surface area contributed by atoms with Crippen molar-refractivity contribution in [1.29, 1.82) is 0 Å². The molecule has 0 aliphatic carbocycles. The predicted octanol–water partition coefficient (Wildman–Crippen LogP) is 5.00. The standard InChI is InChI=1S/C16H34O2Si2/c1-7-19(8-2,9-3)15(17)13-14-16(18)20(10-4,11-5)12-6/h7-14H2,1-6H3. The van der Waals surface area contributed by atoms with Gasteiger partial charge < -0.3 is 9.59 Å². The summed E-state index contributed by atoms with van der Waals surface area (Å²) in [6.45, 7) is 12.9. The van der Waals surface area contributed by atoms with Crippen molar-refractivity contribution in [3.05, 3.63) is 0 Å². The van der Waals surface area contributed by atoms with Crippen LogP contribution in [0.2, 0.25) is 36.3 Å². The largest absolute Gasteiger partial charge is 0.305 e. The Balaban J connectivity index is 4.77. The van der Waals surface area contributed by atoms with Gasteiger partial charge in [0.2, 0.25) is 0 Å². The Morgan fingerprint density at radius 2 is 0.750 bits per heavy atom. The van der Waals surface area contributed by atoms with Crippen LogP contribution in [0, 0.1) is 0 Å². The number of hydrogen-bond donors (Lipinski definition) is 0. The number of rotatable bonds is 11. The summed E-state index contributed by atoms with van der Waals surface area (Å²) in [5.41, 5.74) is 0. The molecule has 20 heavy (non-hydrogen) atoms. The summed E-state index contributed by atoms with van der Waals surface area (Å²) in [6.07, 6.45) is 1.05. The van der Waals surface area contributed by atoms with Crippen LogP contribution in [0.4, 0.5) is 0 Å². The van der Waals surface area contributed by atoms with Crippen LogP contribution >= 0.6 is 0 Å². The second-order valence-electron chi connectivity index (χ2n) is 6.03. The van der Waals surface area contributed by atoms with Crippen LogP contribution in [0.15, 0.2) is 0 Å². The van der Waals surface area contributed by atoms with Crippen molar-refractivity contribution in [1.82, 2.24) is 0 Å². The van der Waals surface area contributed by atoms with E-state index in [1.807, 2.05) is 0 Å². The second kappa shape index (κ2) is 8.93. The summed E-state index contributed by atoms with van der Waals surface area (Å²) >= 11 is 0. The van der Waals surface area contributed by atoms with E-state index in [1.165, 1.54) is 0 Å². The van der Waals surface area contributed by atoms with Crippen molar-refractivity contribution in [3.8, 4) is 0 Å². The fourth-order valence-electron chi connectivity index (χ4n) is 3.44. The van der Waals surface area contributed by atoms with Gasteiger partial charge in [-0.2, -0.15) is 0 Å². The molecule has 0 atom stereocenters. The maximum absolute atomic E-state index is 12.6. The molecule has 0 aliphatic rings. The molecule has 0 heterocycles. The van der Waals surface area contributed by atoms with E-state index in [4.69, 9.17) is 0 Å². The van der Waals surface area contributed by atoms with Crippen LogP contribution in [0.1, 0.15) is 54.4 Å². The average molecular weight is 315 g/mol. The summed E-state index contributed by atoms with van der Waals surface area (Å²) in [5.74, 6) is 0. The number of carbonyl (C=O) groups is 2. The minimum absolute atomic E-state index is 0.449. The number of hydrogen-bond acceptors (Lipinski definition) is 2. The van der Waals surface area contributed by atoms with Gasteiger partial charge in [0.1, 0.15) is 27.0 Å². The summed E-state index contributed by atoms with van der Waals surface area (Å²) in [5, 5.41) is 0.897. The normalized spacial score (nSPS) is 12.5. The van der Waals surface area contributed by atoms with Crippen molar-refractivity contribution >= 4 is 27.0 Å². The highest BCUT2D eigenvalue weighted by molar-refractivity contribution is 7.07. The molecule has 0 N–H and O–H groups in total. The van der Waals surface area contributed by atoms with Crippen molar-refractivity contribution in [2.24, 2.45) is 0 Å². The van der Waals surface area contributed by atoms with Crippen molar-refractivity contribution in [2.45, 2.75) is 90.6 Å². The third-order valence-electron chi connectivity index (χ3n) is 5.82. The highest BCUT2D eigenvalue weighted by Gasteiger charge is 2.38. The van der Waals surface area contributed by atoms with Crippen molar-refractivity contribution in [3.63, 3.8) is 0 Å². The molecule has 0 bridgehead atoms. The maximum Gasteiger partial charge on any atom is 0.132 e. The van der Waals surface area contributed by atoms with Gasteiger partial charge in [-0.05, 0) is 0 Å². The van der Waals surface area contributed by atoms with E-state index >= 15 is 0 Å². The first-order valence-electron chi connectivity index (χ1n) is 8.48. The van der Waals surface area contributed by atoms with E-state index in [-0.39, 0.29) is 0 Å². The molecule has 0 fully saturated rings. The lowest BCUT2D eigenvalue weighted by Gasteiger charge is -2.28. The molecule has 4 heteroatoms. The third kappa shape index (κ3) is 4.14. The van der Waals surface area contributed by atoms with Crippen molar-refractivity contribution in [2.75, 3.05) is 0 Å². The maximum atomic E-state index is 12.6. The minimum atomic E-state index is -1.75. The second-order valence-corrected chi connectivity index (χ2v) is 16.5.